The van der Waals surface area contributed by atoms with Gasteiger partial charge in [-0.15, -0.1) is 0 Å². The number of phenols is 1. The molecule has 0 saturated heterocycles. The third-order valence-corrected chi connectivity index (χ3v) is 1.99. The summed E-state index contributed by atoms with van der Waals surface area (Å²) in [6.07, 6.45) is 0.723. The van der Waals surface area contributed by atoms with Crippen molar-refractivity contribution in [2.45, 2.75) is 26.4 Å². The Hall–Kier alpha value is -0.220. The summed E-state index contributed by atoms with van der Waals surface area (Å²) in [5, 5.41) is 9.01. The Morgan fingerprint density at radius 1 is 1.38 bits per heavy atom. The van der Waals surface area contributed by atoms with Gasteiger partial charge in [0.15, 0.2) is 0 Å². The fraction of sp³-hybridized carbons (Fsp3) is 0.364. The summed E-state index contributed by atoms with van der Waals surface area (Å²) in [7, 11) is 0. The molecule has 0 radical (unpaired) electrons. The van der Waals surface area contributed by atoms with Crippen molar-refractivity contribution in [1.29, 1.82) is 0 Å². The first-order valence-electron chi connectivity index (χ1n) is 4.63. The number of hydrogen-bond acceptors (Lipinski definition) is 3. The topological polar surface area (TPSA) is 46.5 Å². The maximum Gasteiger partial charge on any atom is 1.00 e. The van der Waals surface area contributed by atoms with Gasteiger partial charge in [0, 0.05) is 0 Å². The van der Waals surface area contributed by atoms with Crippen molar-refractivity contribution in [2.24, 2.45) is 0 Å². The number of aromatic hydroxyl groups is 1. The molecule has 0 aliphatic rings. The monoisotopic (exact) mass is 252 g/mol. The summed E-state index contributed by atoms with van der Waals surface area (Å²) in [6.45, 7) is 3.80. The van der Waals surface area contributed by atoms with Gasteiger partial charge in [-0.1, -0.05) is 6.92 Å². The molecule has 16 heavy (non-hydrogen) atoms. The number of hydrogen-bond donors (Lipinski definition) is 1. The Bertz CT molecular complexity index is 314. The molecule has 0 aliphatic carbocycles. The average molecular weight is 253 g/mol. The van der Waals surface area contributed by atoms with Crippen LogP contribution in [0.5, 0.6) is 5.75 Å². The van der Waals surface area contributed by atoms with Crippen LogP contribution < -0.4 is 42.0 Å². The van der Waals surface area contributed by atoms with Crippen LogP contribution in [0.3, 0.4) is 0 Å². The molecule has 0 saturated carbocycles. The maximum atomic E-state index is 11.4. The summed E-state index contributed by atoms with van der Waals surface area (Å²) in [4.78, 5) is 11.4. The van der Waals surface area contributed by atoms with Crippen LogP contribution in [-0.2, 0) is 4.74 Å². The van der Waals surface area contributed by atoms with Gasteiger partial charge in [0.05, 0.1) is 11.7 Å². The van der Waals surface area contributed by atoms with Crippen molar-refractivity contribution in [3.05, 3.63) is 29.8 Å². The SMILES string of the molecule is CCC(C)OC(=O)c1ccc(O)cc1.[Cl-].[Na+]. The largest absolute Gasteiger partial charge is 1.00 e. The van der Waals surface area contributed by atoms with E-state index in [-0.39, 0.29) is 59.8 Å². The van der Waals surface area contributed by atoms with Gasteiger partial charge in [-0.2, -0.15) is 0 Å². The second-order valence-corrected chi connectivity index (χ2v) is 3.17. The van der Waals surface area contributed by atoms with Crippen molar-refractivity contribution in [3.8, 4) is 5.75 Å². The van der Waals surface area contributed by atoms with Crippen LogP contribution in [0.1, 0.15) is 30.6 Å². The molecule has 3 nitrogen and oxygen atoms in total. The molecule has 0 aliphatic heterocycles. The first kappa shape index (κ1) is 18.2. The van der Waals surface area contributed by atoms with E-state index >= 15 is 0 Å². The summed E-state index contributed by atoms with van der Waals surface area (Å²) in [6, 6.07) is 6.01. The summed E-state index contributed by atoms with van der Waals surface area (Å²) < 4.78 is 5.10. The molecule has 0 bridgehead atoms. The minimum atomic E-state index is -0.348. The Balaban J connectivity index is 0. The zero-order valence-corrected chi connectivity index (χ0v) is 12.5. The van der Waals surface area contributed by atoms with Crippen LogP contribution in [0.2, 0.25) is 0 Å². The van der Waals surface area contributed by atoms with Gasteiger partial charge < -0.3 is 22.3 Å². The van der Waals surface area contributed by atoms with Crippen LogP contribution in [0.25, 0.3) is 0 Å². The van der Waals surface area contributed by atoms with E-state index in [1.165, 1.54) is 12.1 Å². The molecule has 1 aromatic rings. The van der Waals surface area contributed by atoms with Gasteiger partial charge in [-0.25, -0.2) is 4.79 Å². The van der Waals surface area contributed by atoms with Gasteiger partial charge >= 0.3 is 35.5 Å². The van der Waals surface area contributed by atoms with Crippen LogP contribution in [0, 0.1) is 0 Å². The van der Waals surface area contributed by atoms with Crippen molar-refractivity contribution in [1.82, 2.24) is 0 Å². The number of phenolic OH excluding ortho intramolecular Hbond substituents is 1. The first-order chi connectivity index (χ1) is 6.63. The second kappa shape index (κ2) is 8.88. The zero-order valence-electron chi connectivity index (χ0n) is 9.74. The maximum absolute atomic E-state index is 11.4. The molecule has 0 heterocycles. The van der Waals surface area contributed by atoms with Crippen LogP contribution in [0.15, 0.2) is 24.3 Å². The molecule has 1 aromatic carbocycles. The molecule has 1 unspecified atom stereocenters. The fourth-order valence-electron chi connectivity index (χ4n) is 0.932. The van der Waals surface area contributed by atoms with Crippen molar-refractivity contribution in [2.75, 3.05) is 0 Å². The molecule has 1 N–H and O–H groups in total. The minimum Gasteiger partial charge on any atom is -1.00 e. The van der Waals surface area contributed by atoms with E-state index in [0.29, 0.717) is 5.56 Å². The van der Waals surface area contributed by atoms with Gasteiger partial charge in [-0.05, 0) is 37.6 Å². The van der Waals surface area contributed by atoms with E-state index in [1.54, 1.807) is 12.1 Å². The second-order valence-electron chi connectivity index (χ2n) is 3.17. The third kappa shape index (κ3) is 5.75. The first-order valence-corrected chi connectivity index (χ1v) is 4.63. The normalized spacial score (nSPS) is 10.6. The predicted octanol–water partition coefficient (Wildman–Crippen LogP) is -3.64. The smallest absolute Gasteiger partial charge is 1.00 e. The molecule has 0 fully saturated rings. The number of carbonyl (C=O) groups is 1. The van der Waals surface area contributed by atoms with Crippen molar-refractivity contribution < 1.29 is 56.6 Å². The van der Waals surface area contributed by atoms with E-state index in [9.17, 15) is 4.79 Å². The van der Waals surface area contributed by atoms with E-state index < -0.39 is 0 Å². The van der Waals surface area contributed by atoms with Gasteiger partial charge in [0.1, 0.15) is 5.75 Å². The Morgan fingerprint density at radius 3 is 2.31 bits per heavy atom. The van der Waals surface area contributed by atoms with E-state index in [0.717, 1.165) is 6.42 Å². The predicted molar refractivity (Wildman–Crippen MR) is 53.3 cm³/mol. The number of rotatable bonds is 3. The van der Waals surface area contributed by atoms with Crippen LogP contribution in [-0.4, -0.2) is 17.2 Å². The standard InChI is InChI=1S/C11H14O3.ClH.Na/c1-3-8(2)14-11(13)9-4-6-10(12)7-5-9;;/h4-8,12H,3H2,1-2H3;1H;/q;;+1/p-1. The van der Waals surface area contributed by atoms with Crippen LogP contribution in [0.4, 0.5) is 0 Å². The number of benzene rings is 1. The molecule has 0 aromatic heterocycles. The van der Waals surface area contributed by atoms with Crippen molar-refractivity contribution >= 4 is 5.97 Å². The molecule has 0 spiro atoms. The molecular formula is C11H14ClNaO3. The van der Waals surface area contributed by atoms with E-state index in [1.807, 2.05) is 13.8 Å². The van der Waals surface area contributed by atoms with Crippen LogP contribution >= 0.6 is 0 Å². The molecule has 0 amide bonds. The molecule has 1 rings (SSSR count). The number of halogens is 1. The summed E-state index contributed by atoms with van der Waals surface area (Å²) in [5.74, 6) is -0.204. The number of carbonyl (C=O) groups excluding carboxylic acids is 1. The van der Waals surface area contributed by atoms with Gasteiger partial charge in [-0.3, -0.25) is 0 Å². The third-order valence-electron chi connectivity index (χ3n) is 1.99. The van der Waals surface area contributed by atoms with Gasteiger partial charge in [0.25, 0.3) is 0 Å². The quantitative estimate of drug-likeness (QED) is 0.446. The zero-order chi connectivity index (χ0) is 10.6. The van der Waals surface area contributed by atoms with E-state index in [4.69, 9.17) is 9.84 Å². The summed E-state index contributed by atoms with van der Waals surface area (Å²) in [5.41, 5.74) is 0.461. The Labute approximate surface area is 124 Å². The van der Waals surface area contributed by atoms with Gasteiger partial charge in [0.2, 0.25) is 0 Å². The minimum absolute atomic E-state index is 0. The average Bonchev–Trinajstić information content (AvgIpc) is 2.18. The fourth-order valence-corrected chi connectivity index (χ4v) is 0.932. The Kier molecular flexibility index (Phi) is 10.1. The van der Waals surface area contributed by atoms with E-state index in [2.05, 4.69) is 0 Å². The summed E-state index contributed by atoms with van der Waals surface area (Å²) >= 11 is 0. The molecule has 84 valence electrons. The molecule has 5 heteroatoms. The number of ether oxygens (including phenoxy) is 1. The van der Waals surface area contributed by atoms with Crippen molar-refractivity contribution in [3.63, 3.8) is 0 Å². The molecule has 1 atom stereocenters. The Morgan fingerprint density at radius 2 is 1.88 bits per heavy atom. The molecular weight excluding hydrogens is 239 g/mol. The number of esters is 1.